The summed E-state index contributed by atoms with van der Waals surface area (Å²) in [6.07, 6.45) is 0. The lowest BCUT2D eigenvalue weighted by molar-refractivity contribution is 0.102. The van der Waals surface area contributed by atoms with Gasteiger partial charge in [0, 0.05) is 17.3 Å². The molecule has 0 aliphatic rings. The summed E-state index contributed by atoms with van der Waals surface area (Å²) in [5.74, 6) is 0.436. The van der Waals surface area contributed by atoms with Crippen molar-refractivity contribution in [1.29, 1.82) is 0 Å². The van der Waals surface area contributed by atoms with Gasteiger partial charge in [0.05, 0.1) is 12.3 Å². The van der Waals surface area contributed by atoms with Crippen LogP contribution in [0.5, 0.6) is 5.75 Å². The minimum atomic E-state index is -0.143. The van der Waals surface area contributed by atoms with E-state index < -0.39 is 0 Å². The van der Waals surface area contributed by atoms with Crippen molar-refractivity contribution < 1.29 is 9.53 Å². The van der Waals surface area contributed by atoms with Gasteiger partial charge < -0.3 is 15.8 Å². The van der Waals surface area contributed by atoms with Crippen LogP contribution in [0.15, 0.2) is 42.5 Å². The number of hydrogen-bond donors (Lipinski definition) is 2. The summed E-state index contributed by atoms with van der Waals surface area (Å²) in [5.41, 5.74) is 8.61. The van der Waals surface area contributed by atoms with Gasteiger partial charge in [-0.15, -0.1) is 0 Å². The van der Waals surface area contributed by atoms with E-state index in [2.05, 4.69) is 5.32 Å². The number of anilines is 2. The molecule has 20 heavy (non-hydrogen) atoms. The highest BCUT2D eigenvalue weighted by Crippen LogP contribution is 2.26. The Bertz CT molecular complexity index is 624. The first-order chi connectivity index (χ1) is 9.61. The fourth-order valence-electron chi connectivity index (χ4n) is 1.92. The number of rotatable bonds is 4. The number of nitrogens with two attached hydrogens (primary N) is 1. The maximum atomic E-state index is 12.2. The highest BCUT2D eigenvalue weighted by molar-refractivity contribution is 6.05. The van der Waals surface area contributed by atoms with Crippen molar-refractivity contribution in [1.82, 2.24) is 0 Å². The van der Waals surface area contributed by atoms with E-state index in [9.17, 15) is 4.79 Å². The van der Waals surface area contributed by atoms with Crippen molar-refractivity contribution in [3.63, 3.8) is 0 Å². The average molecular weight is 270 g/mol. The summed E-state index contributed by atoms with van der Waals surface area (Å²) in [4.78, 5) is 12.2. The van der Waals surface area contributed by atoms with Crippen molar-refractivity contribution in [3.8, 4) is 5.75 Å². The van der Waals surface area contributed by atoms with E-state index in [-0.39, 0.29) is 5.91 Å². The monoisotopic (exact) mass is 270 g/mol. The molecular weight excluding hydrogens is 252 g/mol. The zero-order chi connectivity index (χ0) is 14.5. The Labute approximate surface area is 118 Å². The zero-order valence-corrected chi connectivity index (χ0v) is 11.6. The van der Waals surface area contributed by atoms with E-state index in [1.54, 1.807) is 24.3 Å². The number of aryl methyl sites for hydroxylation is 1. The normalized spacial score (nSPS) is 10.1. The van der Waals surface area contributed by atoms with Gasteiger partial charge in [0.25, 0.3) is 5.91 Å². The van der Waals surface area contributed by atoms with Crippen LogP contribution in [0.25, 0.3) is 0 Å². The molecule has 0 fully saturated rings. The Kier molecular flexibility index (Phi) is 4.25. The van der Waals surface area contributed by atoms with E-state index in [0.717, 1.165) is 5.56 Å². The molecule has 2 rings (SSSR count). The standard InChI is InChI=1S/C16H18N2O2/c1-3-20-15-10-12(8-9-14(15)17)18-16(19)13-7-5-4-6-11(13)2/h4-10H,3,17H2,1-2H3,(H,18,19). The Balaban J connectivity index is 2.20. The Morgan fingerprint density at radius 2 is 2.00 bits per heavy atom. The molecule has 0 saturated heterocycles. The van der Waals surface area contributed by atoms with Crippen molar-refractivity contribution in [3.05, 3.63) is 53.6 Å². The highest BCUT2D eigenvalue weighted by atomic mass is 16.5. The van der Waals surface area contributed by atoms with Crippen LogP contribution in [0.2, 0.25) is 0 Å². The number of hydrogen-bond acceptors (Lipinski definition) is 3. The molecule has 0 aliphatic heterocycles. The van der Waals surface area contributed by atoms with Crippen LogP contribution >= 0.6 is 0 Å². The van der Waals surface area contributed by atoms with Crippen LogP contribution in [-0.2, 0) is 0 Å². The third kappa shape index (κ3) is 3.09. The number of carbonyl (C=O) groups excluding carboxylic acids is 1. The first kappa shape index (κ1) is 13.9. The largest absolute Gasteiger partial charge is 0.492 e. The third-order valence-corrected chi connectivity index (χ3v) is 2.96. The summed E-state index contributed by atoms with van der Waals surface area (Å²) < 4.78 is 5.41. The fourth-order valence-corrected chi connectivity index (χ4v) is 1.92. The van der Waals surface area contributed by atoms with Gasteiger partial charge in [-0.1, -0.05) is 18.2 Å². The van der Waals surface area contributed by atoms with Gasteiger partial charge in [0.15, 0.2) is 0 Å². The first-order valence-electron chi connectivity index (χ1n) is 6.51. The molecule has 0 unspecified atom stereocenters. The second-order valence-corrected chi connectivity index (χ2v) is 4.45. The second kappa shape index (κ2) is 6.10. The summed E-state index contributed by atoms with van der Waals surface area (Å²) in [7, 11) is 0. The molecule has 0 heterocycles. The molecule has 104 valence electrons. The number of nitrogens with one attached hydrogen (secondary N) is 1. The Morgan fingerprint density at radius 1 is 1.25 bits per heavy atom. The van der Waals surface area contributed by atoms with Crippen molar-refractivity contribution in [2.45, 2.75) is 13.8 Å². The number of carbonyl (C=O) groups is 1. The lowest BCUT2D eigenvalue weighted by Crippen LogP contribution is -2.13. The first-order valence-corrected chi connectivity index (χ1v) is 6.51. The van der Waals surface area contributed by atoms with Crippen LogP contribution < -0.4 is 15.8 Å². The maximum absolute atomic E-state index is 12.2. The number of amides is 1. The molecule has 0 aliphatic carbocycles. The van der Waals surface area contributed by atoms with Gasteiger partial charge in [0.1, 0.15) is 5.75 Å². The van der Waals surface area contributed by atoms with E-state index in [1.165, 1.54) is 0 Å². The quantitative estimate of drug-likeness (QED) is 0.838. The Hall–Kier alpha value is -2.49. The summed E-state index contributed by atoms with van der Waals surface area (Å²) in [6.45, 7) is 4.32. The van der Waals surface area contributed by atoms with Crippen LogP contribution in [0, 0.1) is 6.92 Å². The van der Waals surface area contributed by atoms with Gasteiger partial charge in [-0.25, -0.2) is 0 Å². The molecule has 0 radical (unpaired) electrons. The lowest BCUT2D eigenvalue weighted by atomic mass is 10.1. The van der Waals surface area contributed by atoms with Crippen LogP contribution in [0.3, 0.4) is 0 Å². The van der Waals surface area contributed by atoms with E-state index in [1.807, 2.05) is 32.0 Å². The lowest BCUT2D eigenvalue weighted by Gasteiger charge is -2.11. The molecular formula is C16H18N2O2. The zero-order valence-electron chi connectivity index (χ0n) is 11.6. The number of nitrogen functional groups attached to an aromatic ring is 1. The Morgan fingerprint density at radius 3 is 2.70 bits per heavy atom. The maximum Gasteiger partial charge on any atom is 0.255 e. The van der Waals surface area contributed by atoms with Crippen LogP contribution in [0.1, 0.15) is 22.8 Å². The minimum absolute atomic E-state index is 0.143. The SMILES string of the molecule is CCOc1cc(NC(=O)c2ccccc2C)ccc1N. The predicted octanol–water partition coefficient (Wildman–Crippen LogP) is 3.23. The van der Waals surface area contributed by atoms with Gasteiger partial charge in [-0.2, -0.15) is 0 Å². The van der Waals surface area contributed by atoms with Gasteiger partial charge in [0.2, 0.25) is 0 Å². The summed E-state index contributed by atoms with van der Waals surface area (Å²) in [5, 5.41) is 2.85. The predicted molar refractivity (Wildman–Crippen MR) is 81.2 cm³/mol. The van der Waals surface area contributed by atoms with Crippen molar-refractivity contribution in [2.75, 3.05) is 17.7 Å². The molecule has 2 aromatic carbocycles. The van der Waals surface area contributed by atoms with E-state index >= 15 is 0 Å². The fraction of sp³-hybridized carbons (Fsp3) is 0.188. The van der Waals surface area contributed by atoms with Crippen LogP contribution in [-0.4, -0.2) is 12.5 Å². The van der Waals surface area contributed by atoms with Crippen LogP contribution in [0.4, 0.5) is 11.4 Å². The van der Waals surface area contributed by atoms with Crippen molar-refractivity contribution in [2.24, 2.45) is 0 Å². The second-order valence-electron chi connectivity index (χ2n) is 4.45. The summed E-state index contributed by atoms with van der Waals surface area (Å²) >= 11 is 0. The average Bonchev–Trinajstić information content (AvgIpc) is 2.43. The van der Waals surface area contributed by atoms with Gasteiger partial charge >= 0.3 is 0 Å². The van der Waals surface area contributed by atoms with Gasteiger partial charge in [-0.05, 0) is 37.6 Å². The topological polar surface area (TPSA) is 64.3 Å². The molecule has 4 nitrogen and oxygen atoms in total. The minimum Gasteiger partial charge on any atom is -0.492 e. The smallest absolute Gasteiger partial charge is 0.255 e. The van der Waals surface area contributed by atoms with Crippen molar-refractivity contribution >= 4 is 17.3 Å². The molecule has 4 heteroatoms. The van der Waals surface area contributed by atoms with E-state index in [0.29, 0.717) is 29.3 Å². The molecule has 1 amide bonds. The molecule has 0 spiro atoms. The highest BCUT2D eigenvalue weighted by Gasteiger charge is 2.09. The number of ether oxygens (including phenoxy) is 1. The molecule has 0 aromatic heterocycles. The molecule has 0 atom stereocenters. The number of benzene rings is 2. The van der Waals surface area contributed by atoms with Gasteiger partial charge in [-0.3, -0.25) is 4.79 Å². The van der Waals surface area contributed by atoms with E-state index in [4.69, 9.17) is 10.5 Å². The molecule has 0 bridgehead atoms. The molecule has 2 aromatic rings. The molecule has 0 saturated carbocycles. The molecule has 3 N–H and O–H groups in total. The summed E-state index contributed by atoms with van der Waals surface area (Å²) in [6, 6.07) is 12.7. The third-order valence-electron chi connectivity index (χ3n) is 2.96.